The molecule has 6 nitrogen and oxygen atoms in total. The van der Waals surface area contributed by atoms with Crippen molar-refractivity contribution in [3.63, 3.8) is 0 Å². The number of pyridine rings is 1. The number of anilines is 1. The van der Waals surface area contributed by atoms with Crippen molar-refractivity contribution in [3.8, 4) is 11.3 Å². The van der Waals surface area contributed by atoms with Crippen molar-refractivity contribution in [3.05, 3.63) is 54.3 Å². The monoisotopic (exact) mass is 335 g/mol. The zero-order valence-electron chi connectivity index (χ0n) is 14.3. The van der Waals surface area contributed by atoms with Crippen LogP contribution in [0.3, 0.4) is 0 Å². The van der Waals surface area contributed by atoms with Gasteiger partial charge < -0.3 is 9.42 Å². The van der Waals surface area contributed by atoms with Gasteiger partial charge in [-0.1, -0.05) is 18.0 Å². The molecule has 0 atom stereocenters. The summed E-state index contributed by atoms with van der Waals surface area (Å²) in [5.74, 6) is 2.08. The topological polar surface area (TPSA) is 67.9 Å². The van der Waals surface area contributed by atoms with Gasteiger partial charge in [0.2, 0.25) is 5.95 Å². The smallest absolute Gasteiger partial charge is 0.225 e. The van der Waals surface area contributed by atoms with E-state index < -0.39 is 0 Å². The Labute approximate surface area is 146 Å². The predicted molar refractivity (Wildman–Crippen MR) is 95.1 cm³/mol. The van der Waals surface area contributed by atoms with Crippen LogP contribution in [0, 0.1) is 0 Å². The fourth-order valence-electron chi connectivity index (χ4n) is 3.34. The molecule has 25 heavy (non-hydrogen) atoms. The summed E-state index contributed by atoms with van der Waals surface area (Å²) in [5, 5.41) is 4.13. The Balaban J connectivity index is 1.48. The van der Waals surface area contributed by atoms with E-state index in [2.05, 4.69) is 15.1 Å². The number of hydrogen-bond donors (Lipinski definition) is 0. The third kappa shape index (κ3) is 3.52. The molecule has 0 aromatic carbocycles. The van der Waals surface area contributed by atoms with Gasteiger partial charge in [-0.05, 0) is 31.0 Å². The first-order valence-corrected chi connectivity index (χ1v) is 8.69. The molecule has 4 rings (SSSR count). The van der Waals surface area contributed by atoms with Gasteiger partial charge in [-0.2, -0.15) is 0 Å². The van der Waals surface area contributed by atoms with Crippen LogP contribution >= 0.6 is 0 Å². The summed E-state index contributed by atoms with van der Waals surface area (Å²) in [6.45, 7) is 0.571. The van der Waals surface area contributed by atoms with Gasteiger partial charge in [0.25, 0.3) is 0 Å². The van der Waals surface area contributed by atoms with Crippen molar-refractivity contribution in [1.82, 2.24) is 20.1 Å². The molecule has 128 valence electrons. The van der Waals surface area contributed by atoms with E-state index in [0.717, 1.165) is 28.7 Å². The third-order valence-corrected chi connectivity index (χ3v) is 4.69. The first-order valence-electron chi connectivity index (χ1n) is 8.69. The standard InChI is InChI=1S/C19H21N5O/c1-24(19-21-10-8-17(22-19)14-5-2-3-6-14)13-16-11-18(23-25-16)15-7-4-9-20-12-15/h4,7-12,14H,2-3,5-6,13H2,1H3. The van der Waals surface area contributed by atoms with E-state index in [0.29, 0.717) is 12.5 Å². The molecule has 1 fully saturated rings. The molecule has 1 aliphatic carbocycles. The Morgan fingerprint density at radius 1 is 1.20 bits per heavy atom. The van der Waals surface area contributed by atoms with Gasteiger partial charge >= 0.3 is 0 Å². The van der Waals surface area contributed by atoms with Crippen LogP contribution in [0.5, 0.6) is 0 Å². The normalized spacial score (nSPS) is 14.8. The van der Waals surface area contributed by atoms with E-state index in [1.165, 1.54) is 25.7 Å². The van der Waals surface area contributed by atoms with Gasteiger partial charge in [0, 0.05) is 48.9 Å². The Kier molecular flexibility index (Phi) is 4.41. The Bertz CT molecular complexity index is 827. The van der Waals surface area contributed by atoms with Crippen LogP contribution in [0.2, 0.25) is 0 Å². The molecular formula is C19H21N5O. The highest BCUT2D eigenvalue weighted by Crippen LogP contribution is 2.33. The van der Waals surface area contributed by atoms with E-state index in [-0.39, 0.29) is 0 Å². The second kappa shape index (κ2) is 7.01. The van der Waals surface area contributed by atoms with Gasteiger partial charge in [0.15, 0.2) is 5.76 Å². The molecule has 6 heteroatoms. The van der Waals surface area contributed by atoms with Crippen molar-refractivity contribution < 1.29 is 4.52 Å². The van der Waals surface area contributed by atoms with Crippen LogP contribution in [0.15, 0.2) is 47.4 Å². The summed E-state index contributed by atoms with van der Waals surface area (Å²) in [6.07, 6.45) is 10.4. The van der Waals surface area contributed by atoms with Crippen LogP contribution in [0.4, 0.5) is 5.95 Å². The van der Waals surface area contributed by atoms with E-state index >= 15 is 0 Å². The average Bonchev–Trinajstić information content (AvgIpc) is 3.35. The van der Waals surface area contributed by atoms with Gasteiger partial charge in [0.1, 0.15) is 5.69 Å². The molecule has 0 unspecified atom stereocenters. The molecule has 3 aromatic rings. The van der Waals surface area contributed by atoms with Crippen molar-refractivity contribution in [2.45, 2.75) is 38.1 Å². The second-order valence-corrected chi connectivity index (χ2v) is 6.54. The number of hydrogen-bond acceptors (Lipinski definition) is 6. The Morgan fingerprint density at radius 2 is 2.08 bits per heavy atom. The summed E-state index contributed by atoms with van der Waals surface area (Å²) in [4.78, 5) is 15.3. The molecule has 0 aliphatic heterocycles. The lowest BCUT2D eigenvalue weighted by Crippen LogP contribution is -2.19. The minimum absolute atomic E-state index is 0.571. The highest BCUT2D eigenvalue weighted by atomic mass is 16.5. The largest absolute Gasteiger partial charge is 0.359 e. The zero-order chi connectivity index (χ0) is 17.1. The van der Waals surface area contributed by atoms with Gasteiger partial charge in [-0.25, -0.2) is 9.97 Å². The molecule has 3 heterocycles. The van der Waals surface area contributed by atoms with Crippen LogP contribution in [-0.4, -0.2) is 27.2 Å². The molecule has 3 aromatic heterocycles. The van der Waals surface area contributed by atoms with E-state index in [1.54, 1.807) is 12.4 Å². The Morgan fingerprint density at radius 3 is 2.88 bits per heavy atom. The van der Waals surface area contributed by atoms with E-state index in [9.17, 15) is 0 Å². The fraction of sp³-hybridized carbons (Fsp3) is 0.368. The second-order valence-electron chi connectivity index (χ2n) is 6.54. The van der Waals surface area contributed by atoms with Crippen LogP contribution in [0.25, 0.3) is 11.3 Å². The van der Waals surface area contributed by atoms with Crippen LogP contribution in [0.1, 0.15) is 43.1 Å². The molecule has 0 spiro atoms. The van der Waals surface area contributed by atoms with Crippen molar-refractivity contribution in [2.75, 3.05) is 11.9 Å². The maximum atomic E-state index is 5.47. The van der Waals surface area contributed by atoms with Gasteiger partial charge in [-0.3, -0.25) is 4.98 Å². The fourth-order valence-corrected chi connectivity index (χ4v) is 3.34. The lowest BCUT2D eigenvalue weighted by molar-refractivity contribution is 0.384. The van der Waals surface area contributed by atoms with Crippen molar-refractivity contribution in [2.24, 2.45) is 0 Å². The maximum absolute atomic E-state index is 5.47. The number of rotatable bonds is 5. The summed E-state index contributed by atoms with van der Waals surface area (Å²) in [5.41, 5.74) is 2.89. The highest BCUT2D eigenvalue weighted by molar-refractivity contribution is 5.57. The van der Waals surface area contributed by atoms with Crippen LogP contribution in [-0.2, 0) is 6.54 Å². The summed E-state index contributed by atoms with van der Waals surface area (Å²) in [7, 11) is 1.97. The molecular weight excluding hydrogens is 314 g/mol. The lowest BCUT2D eigenvalue weighted by atomic mass is 10.0. The van der Waals surface area contributed by atoms with E-state index in [4.69, 9.17) is 9.51 Å². The lowest BCUT2D eigenvalue weighted by Gasteiger charge is -2.17. The Hall–Kier alpha value is -2.76. The number of nitrogens with zero attached hydrogens (tertiary/aromatic N) is 5. The minimum Gasteiger partial charge on any atom is -0.359 e. The van der Waals surface area contributed by atoms with Crippen LogP contribution < -0.4 is 4.90 Å². The first-order chi connectivity index (χ1) is 12.3. The minimum atomic E-state index is 0.571. The van der Waals surface area contributed by atoms with Gasteiger partial charge in [-0.15, -0.1) is 0 Å². The molecule has 1 saturated carbocycles. The van der Waals surface area contributed by atoms with E-state index in [1.807, 2.05) is 42.4 Å². The first kappa shape index (κ1) is 15.7. The summed E-state index contributed by atoms with van der Waals surface area (Å²) < 4.78 is 5.47. The summed E-state index contributed by atoms with van der Waals surface area (Å²) in [6, 6.07) is 7.83. The van der Waals surface area contributed by atoms with Crippen molar-refractivity contribution in [1.29, 1.82) is 0 Å². The van der Waals surface area contributed by atoms with Gasteiger partial charge in [0.05, 0.1) is 6.54 Å². The molecule has 0 amide bonds. The average molecular weight is 335 g/mol. The number of aromatic nitrogens is 4. The molecule has 0 radical (unpaired) electrons. The van der Waals surface area contributed by atoms with Crippen molar-refractivity contribution >= 4 is 5.95 Å². The third-order valence-electron chi connectivity index (χ3n) is 4.69. The quantitative estimate of drug-likeness (QED) is 0.706. The zero-order valence-corrected chi connectivity index (χ0v) is 14.3. The molecule has 1 aliphatic rings. The SMILES string of the molecule is CN(Cc1cc(-c2cccnc2)no1)c1nccc(C2CCCC2)n1. The molecule has 0 saturated heterocycles. The highest BCUT2D eigenvalue weighted by Gasteiger charge is 2.19. The molecule has 0 N–H and O–H groups in total. The maximum Gasteiger partial charge on any atom is 0.225 e. The molecule has 0 bridgehead atoms. The summed E-state index contributed by atoms with van der Waals surface area (Å²) >= 11 is 0. The predicted octanol–water partition coefficient (Wildman–Crippen LogP) is 3.82.